The first-order chi connectivity index (χ1) is 16.9. The molecule has 36 heavy (non-hydrogen) atoms. The number of aromatic nitrogens is 4. The van der Waals surface area contributed by atoms with Gasteiger partial charge in [-0.15, -0.1) is 9.73 Å². The largest absolute Gasteiger partial charge is 0.465 e. The van der Waals surface area contributed by atoms with E-state index in [1.54, 1.807) is 19.2 Å². The summed E-state index contributed by atoms with van der Waals surface area (Å²) in [5.41, 5.74) is 4.15. The van der Waals surface area contributed by atoms with Gasteiger partial charge in [-0.1, -0.05) is 44.0 Å². The van der Waals surface area contributed by atoms with E-state index in [0.717, 1.165) is 16.8 Å². The summed E-state index contributed by atoms with van der Waals surface area (Å²) >= 11 is 12.8. The van der Waals surface area contributed by atoms with Crippen molar-refractivity contribution in [2.45, 2.75) is 33.1 Å². The molecule has 0 saturated carbocycles. The number of amides is 2. The molecule has 0 aliphatic carbocycles. The van der Waals surface area contributed by atoms with Gasteiger partial charge in [0.05, 0.1) is 29.1 Å². The number of aromatic amines is 1. The van der Waals surface area contributed by atoms with Gasteiger partial charge in [0.1, 0.15) is 5.02 Å². The number of halogens is 2. The van der Waals surface area contributed by atoms with E-state index < -0.39 is 12.0 Å². The number of hydrogen-bond acceptors (Lipinski definition) is 5. The first-order valence-electron chi connectivity index (χ1n) is 11.1. The number of hydrogen-bond donors (Lipinski definition) is 2. The first kappa shape index (κ1) is 25.5. The fourth-order valence-corrected chi connectivity index (χ4v) is 4.42. The molecule has 0 aliphatic heterocycles. The molecule has 0 fully saturated rings. The second-order valence-corrected chi connectivity index (χ2v) is 10.2. The van der Waals surface area contributed by atoms with E-state index in [0.29, 0.717) is 32.9 Å². The lowest BCUT2D eigenvalue weighted by Crippen LogP contribution is -2.31. The highest BCUT2D eigenvalue weighted by atomic mass is 35.5. The van der Waals surface area contributed by atoms with Gasteiger partial charge in [-0.2, -0.15) is 5.10 Å². The normalized spacial score (nSPS) is 11.6. The Morgan fingerprint density at radius 1 is 1.11 bits per heavy atom. The monoisotopic (exact) mass is 528 g/mol. The van der Waals surface area contributed by atoms with Gasteiger partial charge in [-0.05, 0) is 48.9 Å². The van der Waals surface area contributed by atoms with Crippen molar-refractivity contribution in [3.63, 3.8) is 0 Å². The van der Waals surface area contributed by atoms with Crippen LogP contribution in [0.2, 0.25) is 10.0 Å². The highest BCUT2D eigenvalue weighted by molar-refractivity contribution is 6.34. The van der Waals surface area contributed by atoms with Gasteiger partial charge in [0.15, 0.2) is 11.5 Å². The van der Waals surface area contributed by atoms with Crippen LogP contribution in [0.1, 0.15) is 42.4 Å². The Kier molecular flexibility index (Phi) is 6.72. The van der Waals surface area contributed by atoms with Crippen LogP contribution in [0.3, 0.4) is 0 Å². The lowest BCUT2D eigenvalue weighted by molar-refractivity contribution is 0.0600. The van der Waals surface area contributed by atoms with Crippen molar-refractivity contribution in [3.05, 3.63) is 63.3 Å². The number of nitrogens with one attached hydrogen (secondary N) is 2. The Labute approximate surface area is 218 Å². The maximum absolute atomic E-state index is 12.9. The molecule has 0 aliphatic rings. The number of nitrogens with zero attached hydrogens (tertiary/aromatic N) is 4. The average Bonchev–Trinajstić information content (AvgIpc) is 3.37. The summed E-state index contributed by atoms with van der Waals surface area (Å²) in [5.74, 6) is 0.0907. The lowest BCUT2D eigenvalue weighted by Gasteiger charge is -2.20. The van der Waals surface area contributed by atoms with Crippen molar-refractivity contribution in [1.82, 2.24) is 19.8 Å². The smallest absolute Gasteiger partial charge is 0.337 e. The third kappa shape index (κ3) is 4.76. The molecule has 11 heteroatoms. The van der Waals surface area contributed by atoms with Crippen molar-refractivity contribution >= 4 is 52.2 Å². The van der Waals surface area contributed by atoms with Gasteiger partial charge in [-0.25, -0.2) is 9.59 Å². The zero-order valence-electron chi connectivity index (χ0n) is 20.7. The van der Waals surface area contributed by atoms with Gasteiger partial charge >= 0.3 is 12.0 Å². The van der Waals surface area contributed by atoms with Gasteiger partial charge in [-0.3, -0.25) is 4.90 Å². The minimum Gasteiger partial charge on any atom is -0.465 e. The molecule has 0 bridgehead atoms. The molecule has 0 radical (unpaired) electrons. The van der Waals surface area contributed by atoms with E-state index in [1.165, 1.54) is 28.8 Å². The maximum atomic E-state index is 12.9. The second kappa shape index (κ2) is 9.48. The predicted molar refractivity (Wildman–Crippen MR) is 141 cm³/mol. The van der Waals surface area contributed by atoms with Crippen LogP contribution in [-0.4, -0.2) is 46.0 Å². The molecule has 2 aromatic carbocycles. The molecule has 9 nitrogen and oxygen atoms in total. The molecule has 0 spiro atoms. The van der Waals surface area contributed by atoms with Gasteiger partial charge in [0, 0.05) is 23.7 Å². The van der Waals surface area contributed by atoms with Crippen LogP contribution in [0.25, 0.3) is 17.0 Å². The van der Waals surface area contributed by atoms with Crippen molar-refractivity contribution < 1.29 is 14.3 Å². The highest BCUT2D eigenvalue weighted by Gasteiger charge is 2.25. The minimum absolute atomic E-state index is 0.209. The van der Waals surface area contributed by atoms with Crippen molar-refractivity contribution in [1.29, 1.82) is 0 Å². The molecule has 4 rings (SSSR count). The number of anilines is 2. The summed E-state index contributed by atoms with van der Waals surface area (Å²) in [6, 6.07) is 9.62. The molecule has 0 unspecified atom stereocenters. The van der Waals surface area contributed by atoms with Crippen molar-refractivity contribution in [2.24, 2.45) is 0 Å². The average molecular weight is 529 g/mol. The standard InChI is InChI=1S/C25H26Cl2N6O3/c1-13-11-15(28-24(35)32(5)18-12-14(23(34)36-6)7-10-17(18)26)8-9-16(13)21-29-22-19(27)20(25(2,3)4)30-33(22)31-21/h7-12H,1-6H3,(H,28,35)(H,29,31). The van der Waals surface area contributed by atoms with Crippen LogP contribution < -0.4 is 10.2 Å². The van der Waals surface area contributed by atoms with Crippen LogP contribution in [0.4, 0.5) is 16.2 Å². The number of fused-ring (bicyclic) bond motifs is 1. The third-order valence-electron chi connectivity index (χ3n) is 5.72. The zero-order valence-corrected chi connectivity index (χ0v) is 22.2. The number of carbonyl (C=O) groups is 2. The van der Waals surface area contributed by atoms with E-state index in [2.05, 4.69) is 20.5 Å². The predicted octanol–water partition coefficient (Wildman–Crippen LogP) is 6.09. The Morgan fingerprint density at radius 3 is 2.44 bits per heavy atom. The second-order valence-electron chi connectivity index (χ2n) is 9.40. The topological polar surface area (TPSA) is 105 Å². The molecule has 2 N–H and O–H groups in total. The highest BCUT2D eigenvalue weighted by Crippen LogP contribution is 2.33. The van der Waals surface area contributed by atoms with Crippen LogP contribution in [0.5, 0.6) is 0 Å². The Bertz CT molecular complexity index is 1490. The number of urea groups is 1. The molecule has 2 heterocycles. The number of rotatable bonds is 4. The SMILES string of the molecule is COC(=O)c1ccc(Cl)c(N(C)C(=O)Nc2ccc(-c3nn4nc(C(C)(C)C)c(Cl)c4[nH]3)c(C)c2)c1. The lowest BCUT2D eigenvalue weighted by atomic mass is 9.92. The fourth-order valence-electron chi connectivity index (χ4n) is 3.74. The van der Waals surface area contributed by atoms with E-state index in [-0.39, 0.29) is 11.0 Å². The first-order valence-corrected chi connectivity index (χ1v) is 11.8. The van der Waals surface area contributed by atoms with Gasteiger partial charge in [0.25, 0.3) is 0 Å². The summed E-state index contributed by atoms with van der Waals surface area (Å²) in [4.78, 5) is 29.3. The Morgan fingerprint density at radius 2 is 1.83 bits per heavy atom. The Balaban J connectivity index is 1.55. The van der Waals surface area contributed by atoms with Gasteiger partial charge < -0.3 is 15.0 Å². The zero-order chi connectivity index (χ0) is 26.4. The molecule has 0 saturated heterocycles. The van der Waals surface area contributed by atoms with Crippen LogP contribution in [0, 0.1) is 6.92 Å². The summed E-state index contributed by atoms with van der Waals surface area (Å²) < 4.78 is 6.26. The van der Waals surface area contributed by atoms with E-state index >= 15 is 0 Å². The van der Waals surface area contributed by atoms with Crippen molar-refractivity contribution in [2.75, 3.05) is 24.4 Å². The number of ether oxygens (including phenoxy) is 1. The molecule has 188 valence electrons. The summed E-state index contributed by atoms with van der Waals surface area (Å²) in [6.45, 7) is 8.04. The van der Waals surface area contributed by atoms with Crippen molar-refractivity contribution in [3.8, 4) is 11.4 Å². The van der Waals surface area contributed by atoms with E-state index in [4.69, 9.17) is 27.9 Å². The minimum atomic E-state index is -0.519. The Hall–Kier alpha value is -3.56. The van der Waals surface area contributed by atoms with E-state index in [9.17, 15) is 9.59 Å². The third-order valence-corrected chi connectivity index (χ3v) is 6.40. The molecule has 2 amide bonds. The number of benzene rings is 2. The maximum Gasteiger partial charge on any atom is 0.337 e. The summed E-state index contributed by atoms with van der Waals surface area (Å²) in [5, 5.41) is 12.8. The quantitative estimate of drug-likeness (QED) is 0.311. The number of esters is 1. The fraction of sp³-hybridized carbons (Fsp3) is 0.280. The van der Waals surface area contributed by atoms with Crippen LogP contribution in [0.15, 0.2) is 36.4 Å². The summed E-state index contributed by atoms with van der Waals surface area (Å²) in [7, 11) is 2.85. The van der Waals surface area contributed by atoms with Crippen LogP contribution >= 0.6 is 23.2 Å². The number of aryl methyl sites for hydroxylation is 1. The molecule has 0 atom stereocenters. The molecule has 4 aromatic rings. The molecule has 2 aromatic heterocycles. The number of carbonyl (C=O) groups excluding carboxylic acids is 2. The van der Waals surface area contributed by atoms with E-state index in [1.807, 2.05) is 39.8 Å². The molecular weight excluding hydrogens is 503 g/mol. The number of methoxy groups -OCH3 is 1. The molecular formula is C25H26Cl2N6O3. The summed E-state index contributed by atoms with van der Waals surface area (Å²) in [6.07, 6.45) is 0. The number of H-pyrrole nitrogens is 1. The van der Waals surface area contributed by atoms with Gasteiger partial charge in [0.2, 0.25) is 0 Å². The van der Waals surface area contributed by atoms with Crippen LogP contribution in [-0.2, 0) is 10.2 Å².